The van der Waals surface area contributed by atoms with Crippen LogP contribution >= 0.6 is 35.1 Å². The van der Waals surface area contributed by atoms with Crippen LogP contribution in [0.25, 0.3) is 0 Å². The first-order valence-corrected chi connectivity index (χ1v) is 10.5. The van der Waals surface area contributed by atoms with Gasteiger partial charge in [0.05, 0.1) is 15.3 Å². The molecule has 27 heavy (non-hydrogen) atoms. The van der Waals surface area contributed by atoms with Crippen molar-refractivity contribution in [2.45, 2.75) is 55.0 Å². The van der Waals surface area contributed by atoms with E-state index in [1.807, 2.05) is 0 Å². The zero-order valence-corrected chi connectivity index (χ0v) is 17.1. The largest absolute Gasteiger partial charge is 0.484 e. The van der Waals surface area contributed by atoms with Crippen LogP contribution in [0.4, 0.5) is 0 Å². The lowest BCUT2D eigenvalue weighted by Gasteiger charge is -2.70. The zero-order valence-electron chi connectivity index (χ0n) is 14.8. The second-order valence-electron chi connectivity index (χ2n) is 7.85. The van der Waals surface area contributed by atoms with E-state index in [0.717, 1.165) is 25.7 Å². The summed E-state index contributed by atoms with van der Waals surface area (Å²) in [6, 6.07) is 5.24. The summed E-state index contributed by atoms with van der Waals surface area (Å²) in [7, 11) is 0. The second-order valence-corrected chi connectivity index (χ2v) is 9.71. The van der Waals surface area contributed by atoms with Crippen molar-refractivity contribution >= 4 is 47.0 Å². The molecule has 1 aromatic carbocycles. The molecule has 2 amide bonds. The average molecular weight is 430 g/mol. The van der Waals surface area contributed by atoms with Gasteiger partial charge in [-0.15, -0.1) is 0 Å². The van der Waals surface area contributed by atoms with Crippen molar-refractivity contribution in [2.24, 2.45) is 0 Å². The first-order valence-electron chi connectivity index (χ1n) is 8.90. The van der Waals surface area contributed by atoms with Crippen LogP contribution in [0.3, 0.4) is 0 Å². The standard InChI is InChI=1S/C18H21Cl2N3O3S/c1-10-4-14(27-23-10)16(25)22-18-7-17(8-18,9-18)21-15(24)6-26-11-2-3-12(19)13(20)5-11/h2-3,5,10,14,23H,4,6-9H2,1H3,(H,21,24)(H,22,25). The summed E-state index contributed by atoms with van der Waals surface area (Å²) in [5.74, 6) is 0.419. The number of hydrogen-bond donors (Lipinski definition) is 3. The number of benzene rings is 1. The van der Waals surface area contributed by atoms with Gasteiger partial charge in [0, 0.05) is 23.2 Å². The van der Waals surface area contributed by atoms with Gasteiger partial charge in [-0.05, 0) is 44.7 Å². The van der Waals surface area contributed by atoms with Crippen molar-refractivity contribution < 1.29 is 14.3 Å². The molecule has 6 nitrogen and oxygen atoms in total. The third-order valence-electron chi connectivity index (χ3n) is 5.36. The van der Waals surface area contributed by atoms with Gasteiger partial charge in [0.25, 0.3) is 5.91 Å². The molecule has 4 aliphatic rings. The summed E-state index contributed by atoms with van der Waals surface area (Å²) < 4.78 is 8.69. The molecular formula is C18H21Cl2N3O3S. The number of carbonyl (C=O) groups is 2. The highest BCUT2D eigenvalue weighted by Crippen LogP contribution is 2.60. The smallest absolute Gasteiger partial charge is 0.258 e. The van der Waals surface area contributed by atoms with Crippen LogP contribution in [-0.4, -0.2) is 40.8 Å². The fraction of sp³-hybridized carbons (Fsp3) is 0.556. The number of carbonyl (C=O) groups excluding carboxylic acids is 2. The highest BCUT2D eigenvalue weighted by molar-refractivity contribution is 7.99. The Hall–Kier alpha value is -1.15. The van der Waals surface area contributed by atoms with Gasteiger partial charge in [0.1, 0.15) is 5.75 Å². The quantitative estimate of drug-likeness (QED) is 0.605. The summed E-state index contributed by atoms with van der Waals surface area (Å²) in [6.45, 7) is 1.99. The highest BCUT2D eigenvalue weighted by Gasteiger charge is 2.69. The number of halogens is 2. The molecule has 2 atom stereocenters. The fourth-order valence-corrected chi connectivity index (χ4v) is 5.55. The molecule has 3 N–H and O–H groups in total. The van der Waals surface area contributed by atoms with Crippen molar-refractivity contribution in [3.8, 4) is 5.75 Å². The minimum absolute atomic E-state index is 0.0285. The first-order chi connectivity index (χ1) is 12.8. The van der Waals surface area contributed by atoms with Gasteiger partial charge < -0.3 is 15.4 Å². The van der Waals surface area contributed by atoms with Crippen LogP contribution < -0.4 is 20.1 Å². The number of ether oxygens (including phenoxy) is 1. The van der Waals surface area contributed by atoms with Gasteiger partial charge in [-0.3, -0.25) is 14.3 Å². The molecule has 5 rings (SSSR count). The Kier molecular flexibility index (Phi) is 4.99. The normalized spacial score (nSPS) is 33.6. The van der Waals surface area contributed by atoms with Crippen molar-refractivity contribution in [3.63, 3.8) is 0 Å². The number of nitrogens with one attached hydrogen (secondary N) is 3. The van der Waals surface area contributed by atoms with Crippen molar-refractivity contribution in [3.05, 3.63) is 28.2 Å². The summed E-state index contributed by atoms with van der Waals surface area (Å²) >= 11 is 13.3. The predicted octanol–water partition coefficient (Wildman–Crippen LogP) is 2.68. The Morgan fingerprint density at radius 1 is 1.22 bits per heavy atom. The maximum atomic E-state index is 12.4. The Morgan fingerprint density at radius 3 is 2.56 bits per heavy atom. The summed E-state index contributed by atoms with van der Waals surface area (Å²) in [5, 5.41) is 7.01. The van der Waals surface area contributed by atoms with Gasteiger partial charge in [0.15, 0.2) is 6.61 Å². The van der Waals surface area contributed by atoms with Crippen LogP contribution in [0.15, 0.2) is 18.2 Å². The van der Waals surface area contributed by atoms with Crippen LogP contribution in [0.1, 0.15) is 32.6 Å². The molecule has 2 bridgehead atoms. The Labute approximate surface area is 172 Å². The van der Waals surface area contributed by atoms with Gasteiger partial charge in [-0.25, -0.2) is 0 Å². The lowest BCUT2D eigenvalue weighted by Crippen LogP contribution is -2.84. The highest BCUT2D eigenvalue weighted by atomic mass is 35.5. The van der Waals surface area contributed by atoms with Gasteiger partial charge in [0.2, 0.25) is 5.91 Å². The summed E-state index contributed by atoms with van der Waals surface area (Å²) in [5.41, 5.74) is -0.332. The van der Waals surface area contributed by atoms with E-state index in [2.05, 4.69) is 22.3 Å². The van der Waals surface area contributed by atoms with Crippen molar-refractivity contribution in [1.29, 1.82) is 0 Å². The van der Waals surface area contributed by atoms with Crippen molar-refractivity contribution in [2.75, 3.05) is 6.61 Å². The maximum absolute atomic E-state index is 12.4. The van der Waals surface area contributed by atoms with E-state index in [9.17, 15) is 9.59 Å². The molecule has 1 aromatic rings. The molecule has 1 aliphatic heterocycles. The van der Waals surface area contributed by atoms with Gasteiger partial charge >= 0.3 is 0 Å². The Morgan fingerprint density at radius 2 is 1.93 bits per heavy atom. The fourth-order valence-electron chi connectivity index (χ4n) is 4.22. The lowest BCUT2D eigenvalue weighted by molar-refractivity contribution is -0.150. The van der Waals surface area contributed by atoms with Crippen LogP contribution in [-0.2, 0) is 9.59 Å². The summed E-state index contributed by atoms with van der Waals surface area (Å²) in [4.78, 5) is 24.5. The molecule has 0 radical (unpaired) electrons. The van der Waals surface area contributed by atoms with Crippen LogP contribution in [0.2, 0.25) is 10.0 Å². The number of rotatable bonds is 6. The molecule has 146 valence electrons. The molecule has 3 saturated carbocycles. The minimum atomic E-state index is -0.195. The monoisotopic (exact) mass is 429 g/mol. The van der Waals surface area contributed by atoms with Gasteiger partial charge in [-0.1, -0.05) is 35.1 Å². The van der Waals surface area contributed by atoms with Crippen LogP contribution in [0, 0.1) is 0 Å². The SMILES string of the molecule is CC1CC(C(=O)NC23CC(NC(=O)COc4ccc(Cl)c(Cl)c4)(C2)C3)SN1. The van der Waals surface area contributed by atoms with E-state index >= 15 is 0 Å². The molecule has 2 unspecified atom stereocenters. The molecule has 0 spiro atoms. The molecule has 9 heteroatoms. The predicted molar refractivity (Wildman–Crippen MR) is 106 cm³/mol. The van der Waals surface area contributed by atoms with E-state index in [4.69, 9.17) is 27.9 Å². The number of hydrogen-bond acceptors (Lipinski definition) is 5. The Balaban J connectivity index is 1.20. The number of amides is 2. The minimum Gasteiger partial charge on any atom is -0.484 e. The van der Waals surface area contributed by atoms with E-state index in [1.165, 1.54) is 11.9 Å². The molecule has 3 aliphatic carbocycles. The van der Waals surface area contributed by atoms with Crippen LogP contribution in [0.5, 0.6) is 5.75 Å². The average Bonchev–Trinajstić information content (AvgIpc) is 2.99. The van der Waals surface area contributed by atoms with E-state index in [1.54, 1.807) is 18.2 Å². The molecule has 4 fully saturated rings. The van der Waals surface area contributed by atoms with E-state index < -0.39 is 0 Å². The summed E-state index contributed by atoms with van der Waals surface area (Å²) in [6.07, 6.45) is 3.19. The van der Waals surface area contributed by atoms with Crippen molar-refractivity contribution in [1.82, 2.24) is 15.4 Å². The lowest BCUT2D eigenvalue weighted by atomic mass is 9.44. The molecule has 1 saturated heterocycles. The van der Waals surface area contributed by atoms with Gasteiger partial charge in [-0.2, -0.15) is 0 Å². The maximum Gasteiger partial charge on any atom is 0.258 e. The third-order valence-corrected chi connectivity index (χ3v) is 7.32. The topological polar surface area (TPSA) is 79.5 Å². The van der Waals surface area contributed by atoms with E-state index in [-0.39, 0.29) is 34.7 Å². The Bertz CT molecular complexity index is 771. The zero-order chi connectivity index (χ0) is 19.2. The second kappa shape index (κ2) is 7.03. The molecule has 0 aromatic heterocycles. The first kappa shape index (κ1) is 19.2. The third kappa shape index (κ3) is 3.88. The molecule has 1 heterocycles. The molecular weight excluding hydrogens is 409 g/mol. The van der Waals surface area contributed by atoms with E-state index in [0.29, 0.717) is 21.8 Å².